The zero-order valence-electron chi connectivity index (χ0n) is 13.2. The van der Waals surface area contributed by atoms with E-state index in [4.69, 9.17) is 13.6 Å². The molecule has 2 aromatic carbocycles. The highest BCUT2D eigenvalue weighted by molar-refractivity contribution is 5.79. The number of anilines is 2. The van der Waals surface area contributed by atoms with Gasteiger partial charge in [0.2, 0.25) is 0 Å². The summed E-state index contributed by atoms with van der Waals surface area (Å²) in [5.41, 5.74) is 4.31. The Kier molecular flexibility index (Phi) is 3.42. The number of benzene rings is 2. The molecule has 2 aromatic heterocycles. The molecule has 0 radical (unpaired) electrons. The van der Waals surface area contributed by atoms with Crippen LogP contribution in [0.1, 0.15) is 5.56 Å². The monoisotopic (exact) mass is 321 g/mol. The van der Waals surface area contributed by atoms with Crippen molar-refractivity contribution in [2.75, 3.05) is 12.4 Å². The topological polar surface area (TPSA) is 73.3 Å². The third-order valence-corrected chi connectivity index (χ3v) is 3.77. The first-order valence-electron chi connectivity index (χ1n) is 7.44. The molecule has 0 aliphatic carbocycles. The smallest absolute Gasteiger partial charge is 0.300 e. The second kappa shape index (κ2) is 5.73. The van der Waals surface area contributed by atoms with E-state index in [-0.39, 0.29) is 0 Å². The molecule has 0 atom stereocenters. The van der Waals surface area contributed by atoms with Gasteiger partial charge >= 0.3 is 0 Å². The van der Waals surface area contributed by atoms with Crippen LogP contribution in [0.25, 0.3) is 22.4 Å². The standard InChI is InChI=1S/C18H15N3O3/c1-11-4-3-5-14-17(11)21-18(24-14)20-12-6-7-13(15(8-12)22-2)16-9-19-10-23-16/h3-10H,1-2H3,(H,20,21). The number of methoxy groups -OCH3 is 1. The van der Waals surface area contributed by atoms with Gasteiger partial charge in [0.25, 0.3) is 6.01 Å². The molecule has 0 spiro atoms. The first kappa shape index (κ1) is 14.3. The molecule has 120 valence electrons. The molecule has 2 heterocycles. The Morgan fingerprint density at radius 3 is 2.83 bits per heavy atom. The fraction of sp³-hybridized carbons (Fsp3) is 0.111. The minimum Gasteiger partial charge on any atom is -0.496 e. The van der Waals surface area contributed by atoms with E-state index in [9.17, 15) is 0 Å². The number of para-hydroxylation sites is 1. The van der Waals surface area contributed by atoms with Crippen molar-refractivity contribution in [3.8, 4) is 17.1 Å². The van der Waals surface area contributed by atoms with Crippen molar-refractivity contribution in [3.05, 3.63) is 54.6 Å². The summed E-state index contributed by atoms with van der Waals surface area (Å²) in [7, 11) is 1.61. The maximum absolute atomic E-state index is 5.74. The number of ether oxygens (including phenoxy) is 1. The Morgan fingerprint density at radius 1 is 1.17 bits per heavy atom. The van der Waals surface area contributed by atoms with Crippen molar-refractivity contribution in [1.29, 1.82) is 0 Å². The van der Waals surface area contributed by atoms with Gasteiger partial charge in [-0.1, -0.05) is 12.1 Å². The minimum absolute atomic E-state index is 0.439. The molecule has 0 bridgehead atoms. The summed E-state index contributed by atoms with van der Waals surface area (Å²) >= 11 is 0. The molecule has 4 rings (SSSR count). The highest BCUT2D eigenvalue weighted by Gasteiger charge is 2.12. The highest BCUT2D eigenvalue weighted by atomic mass is 16.5. The lowest BCUT2D eigenvalue weighted by atomic mass is 10.1. The molecule has 0 saturated carbocycles. The van der Waals surface area contributed by atoms with E-state index in [1.165, 1.54) is 6.39 Å². The van der Waals surface area contributed by atoms with Crippen molar-refractivity contribution in [3.63, 3.8) is 0 Å². The van der Waals surface area contributed by atoms with Gasteiger partial charge in [-0.05, 0) is 30.7 Å². The van der Waals surface area contributed by atoms with E-state index in [2.05, 4.69) is 15.3 Å². The van der Waals surface area contributed by atoms with Crippen LogP contribution in [0.15, 0.2) is 57.8 Å². The van der Waals surface area contributed by atoms with Gasteiger partial charge in [-0.25, -0.2) is 4.98 Å². The van der Waals surface area contributed by atoms with Gasteiger partial charge in [-0.15, -0.1) is 0 Å². The van der Waals surface area contributed by atoms with E-state index in [1.807, 2.05) is 43.3 Å². The van der Waals surface area contributed by atoms with Crippen molar-refractivity contribution in [2.24, 2.45) is 0 Å². The van der Waals surface area contributed by atoms with Gasteiger partial charge in [0.05, 0.1) is 18.9 Å². The Morgan fingerprint density at radius 2 is 2.08 bits per heavy atom. The maximum atomic E-state index is 5.74. The number of nitrogens with one attached hydrogen (secondary N) is 1. The van der Waals surface area contributed by atoms with Gasteiger partial charge in [-0.2, -0.15) is 4.98 Å². The fourth-order valence-corrected chi connectivity index (χ4v) is 2.58. The third kappa shape index (κ3) is 2.48. The van der Waals surface area contributed by atoms with Crippen LogP contribution >= 0.6 is 0 Å². The second-order valence-electron chi connectivity index (χ2n) is 5.35. The Bertz CT molecular complexity index is 990. The fourth-order valence-electron chi connectivity index (χ4n) is 2.58. The van der Waals surface area contributed by atoms with E-state index in [1.54, 1.807) is 13.3 Å². The van der Waals surface area contributed by atoms with E-state index >= 15 is 0 Å². The number of nitrogens with zero attached hydrogens (tertiary/aromatic N) is 2. The van der Waals surface area contributed by atoms with E-state index in [0.717, 1.165) is 27.9 Å². The summed E-state index contributed by atoms with van der Waals surface area (Å²) in [5, 5.41) is 3.16. The lowest BCUT2D eigenvalue weighted by Crippen LogP contribution is -1.93. The molecular weight excluding hydrogens is 306 g/mol. The van der Waals surface area contributed by atoms with Crippen molar-refractivity contribution < 1.29 is 13.6 Å². The minimum atomic E-state index is 0.439. The number of hydrogen-bond donors (Lipinski definition) is 1. The van der Waals surface area contributed by atoms with Gasteiger partial charge in [0.15, 0.2) is 17.7 Å². The van der Waals surface area contributed by atoms with Crippen LogP contribution in [-0.2, 0) is 0 Å². The lowest BCUT2D eigenvalue weighted by molar-refractivity contribution is 0.415. The lowest BCUT2D eigenvalue weighted by Gasteiger charge is -2.08. The summed E-state index contributed by atoms with van der Waals surface area (Å²) in [6, 6.07) is 11.9. The van der Waals surface area contributed by atoms with Crippen LogP contribution in [0.4, 0.5) is 11.7 Å². The predicted molar refractivity (Wildman–Crippen MR) is 90.5 cm³/mol. The molecule has 0 aliphatic rings. The molecule has 0 fully saturated rings. The number of aromatic nitrogens is 2. The molecule has 1 N–H and O–H groups in total. The normalized spacial score (nSPS) is 10.9. The van der Waals surface area contributed by atoms with Crippen LogP contribution in [0.2, 0.25) is 0 Å². The van der Waals surface area contributed by atoms with Crippen LogP contribution in [0.3, 0.4) is 0 Å². The van der Waals surface area contributed by atoms with E-state index < -0.39 is 0 Å². The Hall–Kier alpha value is -3.28. The first-order chi connectivity index (χ1) is 11.7. The molecule has 0 unspecified atom stereocenters. The van der Waals surface area contributed by atoms with Crippen molar-refractivity contribution in [2.45, 2.75) is 6.92 Å². The van der Waals surface area contributed by atoms with Crippen LogP contribution in [-0.4, -0.2) is 17.1 Å². The average molecular weight is 321 g/mol. The van der Waals surface area contributed by atoms with Gasteiger partial charge in [0, 0.05) is 11.8 Å². The number of rotatable bonds is 4. The molecule has 0 saturated heterocycles. The average Bonchev–Trinajstić information content (AvgIpc) is 3.25. The van der Waals surface area contributed by atoms with Gasteiger partial charge in [0.1, 0.15) is 11.3 Å². The molecule has 24 heavy (non-hydrogen) atoms. The highest BCUT2D eigenvalue weighted by Crippen LogP contribution is 2.33. The zero-order chi connectivity index (χ0) is 16.5. The number of aryl methyl sites for hydroxylation is 1. The summed E-state index contributed by atoms with van der Waals surface area (Å²) in [6.07, 6.45) is 3.04. The van der Waals surface area contributed by atoms with Crippen LogP contribution in [0, 0.1) is 6.92 Å². The third-order valence-electron chi connectivity index (χ3n) is 3.77. The number of oxazole rings is 2. The quantitative estimate of drug-likeness (QED) is 0.594. The maximum Gasteiger partial charge on any atom is 0.300 e. The number of hydrogen-bond acceptors (Lipinski definition) is 6. The molecular formula is C18H15N3O3. The summed E-state index contributed by atoms with van der Waals surface area (Å²) < 4.78 is 16.5. The Labute approximate surface area is 138 Å². The predicted octanol–water partition coefficient (Wildman–Crippen LogP) is 4.54. The summed E-state index contributed by atoms with van der Waals surface area (Å²) in [4.78, 5) is 8.42. The molecule has 4 aromatic rings. The zero-order valence-corrected chi connectivity index (χ0v) is 13.2. The molecule has 0 amide bonds. The largest absolute Gasteiger partial charge is 0.496 e. The van der Waals surface area contributed by atoms with Crippen molar-refractivity contribution in [1.82, 2.24) is 9.97 Å². The van der Waals surface area contributed by atoms with Crippen molar-refractivity contribution >= 4 is 22.8 Å². The van der Waals surface area contributed by atoms with Gasteiger partial charge < -0.3 is 18.9 Å². The summed E-state index contributed by atoms with van der Waals surface area (Å²) in [6.45, 7) is 2.00. The SMILES string of the molecule is COc1cc(Nc2nc3c(C)cccc3o2)ccc1-c1cnco1. The first-order valence-corrected chi connectivity index (χ1v) is 7.44. The van der Waals surface area contributed by atoms with Crippen LogP contribution in [0.5, 0.6) is 5.75 Å². The number of fused-ring (bicyclic) bond motifs is 1. The molecule has 6 heteroatoms. The molecule has 6 nitrogen and oxygen atoms in total. The molecule has 0 aliphatic heterocycles. The van der Waals surface area contributed by atoms with E-state index in [0.29, 0.717) is 17.5 Å². The second-order valence-corrected chi connectivity index (χ2v) is 5.35. The van der Waals surface area contributed by atoms with Crippen LogP contribution < -0.4 is 10.1 Å². The van der Waals surface area contributed by atoms with Gasteiger partial charge in [-0.3, -0.25) is 0 Å². The Balaban J connectivity index is 1.67. The summed E-state index contributed by atoms with van der Waals surface area (Å²) in [5.74, 6) is 1.32.